The Bertz CT molecular complexity index is 342. The van der Waals surface area contributed by atoms with E-state index < -0.39 is 0 Å². The zero-order valence-electron chi connectivity index (χ0n) is 13.2. The Labute approximate surface area is 123 Å². The van der Waals surface area contributed by atoms with Crippen molar-refractivity contribution in [1.82, 2.24) is 5.32 Å². The molecule has 1 N–H and O–H groups in total. The molecule has 0 aliphatic carbocycles. The number of nitrogens with one attached hydrogen (secondary N) is 1. The van der Waals surface area contributed by atoms with Crippen molar-refractivity contribution in [3.8, 4) is 0 Å². The first kappa shape index (κ1) is 17.2. The first-order chi connectivity index (χ1) is 9.79. The minimum Gasteiger partial charge on any atom is -0.382 e. The van der Waals surface area contributed by atoms with Crippen LogP contribution in [0.25, 0.3) is 0 Å². The third-order valence-corrected chi connectivity index (χ3v) is 3.93. The minimum atomic E-state index is 0.157. The van der Waals surface area contributed by atoms with E-state index in [1.54, 1.807) is 7.11 Å². The fraction of sp³-hybridized carbons (Fsp3) is 0.647. The van der Waals surface area contributed by atoms with Crippen LogP contribution in [0.1, 0.15) is 32.3 Å². The van der Waals surface area contributed by atoms with Crippen molar-refractivity contribution in [2.24, 2.45) is 0 Å². The van der Waals surface area contributed by atoms with Gasteiger partial charge in [-0.3, -0.25) is 0 Å². The molecule has 0 aliphatic heterocycles. The fourth-order valence-corrected chi connectivity index (χ4v) is 2.51. The molecule has 0 saturated heterocycles. The molecule has 3 nitrogen and oxygen atoms in total. The molecule has 3 heteroatoms. The zero-order valence-corrected chi connectivity index (χ0v) is 13.2. The second-order valence-electron chi connectivity index (χ2n) is 5.14. The highest BCUT2D eigenvalue weighted by Gasteiger charge is 2.29. The van der Waals surface area contributed by atoms with Crippen molar-refractivity contribution in [2.45, 2.75) is 32.1 Å². The molecule has 1 rings (SSSR count). The number of hydrogen-bond donors (Lipinski definition) is 1. The van der Waals surface area contributed by atoms with Crippen molar-refractivity contribution in [3.63, 3.8) is 0 Å². The largest absolute Gasteiger partial charge is 0.382 e. The van der Waals surface area contributed by atoms with Crippen LogP contribution in [-0.4, -0.2) is 40.0 Å². The second-order valence-corrected chi connectivity index (χ2v) is 5.14. The summed E-state index contributed by atoms with van der Waals surface area (Å²) in [5.41, 5.74) is 1.56. The molecule has 1 atom stereocenters. The molecule has 0 bridgehead atoms. The minimum absolute atomic E-state index is 0.157. The van der Waals surface area contributed by atoms with Crippen LogP contribution >= 0.6 is 0 Å². The van der Waals surface area contributed by atoms with E-state index in [2.05, 4.69) is 49.5 Å². The highest BCUT2D eigenvalue weighted by molar-refractivity contribution is 5.26. The third kappa shape index (κ3) is 5.23. The normalized spacial score (nSPS) is 14.2. The number of benzene rings is 1. The van der Waals surface area contributed by atoms with Crippen LogP contribution < -0.4 is 5.32 Å². The predicted molar refractivity (Wildman–Crippen MR) is 84.3 cm³/mol. The van der Waals surface area contributed by atoms with Gasteiger partial charge in [-0.15, -0.1) is 0 Å². The SMILES string of the molecule is CCNCC(CC)(CCOCCOC)c1ccccc1. The molecule has 20 heavy (non-hydrogen) atoms. The van der Waals surface area contributed by atoms with E-state index in [4.69, 9.17) is 9.47 Å². The van der Waals surface area contributed by atoms with Crippen molar-refractivity contribution >= 4 is 0 Å². The van der Waals surface area contributed by atoms with E-state index in [0.29, 0.717) is 13.2 Å². The van der Waals surface area contributed by atoms with Gasteiger partial charge in [0.05, 0.1) is 13.2 Å². The topological polar surface area (TPSA) is 30.5 Å². The molecule has 0 saturated carbocycles. The molecule has 0 heterocycles. The first-order valence-corrected chi connectivity index (χ1v) is 7.62. The molecular formula is C17H29NO2. The number of hydrogen-bond acceptors (Lipinski definition) is 3. The van der Waals surface area contributed by atoms with Gasteiger partial charge in [0.25, 0.3) is 0 Å². The Morgan fingerprint density at radius 1 is 1.05 bits per heavy atom. The van der Waals surface area contributed by atoms with Gasteiger partial charge >= 0.3 is 0 Å². The van der Waals surface area contributed by atoms with Gasteiger partial charge < -0.3 is 14.8 Å². The lowest BCUT2D eigenvalue weighted by atomic mass is 9.75. The quantitative estimate of drug-likeness (QED) is 0.632. The highest BCUT2D eigenvalue weighted by Crippen LogP contribution is 2.31. The molecule has 0 aliphatic rings. The lowest BCUT2D eigenvalue weighted by Gasteiger charge is -2.34. The number of likely N-dealkylation sites (N-methyl/N-ethyl adjacent to an activating group) is 1. The van der Waals surface area contributed by atoms with Gasteiger partial charge in [0.15, 0.2) is 0 Å². The summed E-state index contributed by atoms with van der Waals surface area (Å²) in [7, 11) is 1.70. The van der Waals surface area contributed by atoms with E-state index in [1.165, 1.54) is 5.56 Å². The zero-order chi connectivity index (χ0) is 14.7. The molecule has 1 unspecified atom stereocenters. The average Bonchev–Trinajstić information content (AvgIpc) is 2.51. The second kappa shape index (κ2) is 9.92. The van der Waals surface area contributed by atoms with Crippen molar-refractivity contribution in [3.05, 3.63) is 35.9 Å². The van der Waals surface area contributed by atoms with Gasteiger partial charge in [0, 0.05) is 25.7 Å². The summed E-state index contributed by atoms with van der Waals surface area (Å²) in [6.45, 7) is 8.53. The number of rotatable bonds is 11. The Morgan fingerprint density at radius 3 is 2.40 bits per heavy atom. The molecule has 0 aromatic heterocycles. The van der Waals surface area contributed by atoms with E-state index in [9.17, 15) is 0 Å². The number of ether oxygens (including phenoxy) is 2. The number of methoxy groups -OCH3 is 1. The maximum absolute atomic E-state index is 5.68. The van der Waals surface area contributed by atoms with Crippen LogP contribution in [-0.2, 0) is 14.9 Å². The van der Waals surface area contributed by atoms with Crippen molar-refractivity contribution < 1.29 is 9.47 Å². The van der Waals surface area contributed by atoms with Crippen LogP contribution in [0.3, 0.4) is 0 Å². The standard InChI is InChI=1S/C17H29NO2/c1-4-17(15-18-5-2,11-12-20-14-13-19-3)16-9-7-6-8-10-16/h6-10,18H,4-5,11-15H2,1-3H3. The van der Waals surface area contributed by atoms with Crippen LogP contribution in [0.4, 0.5) is 0 Å². The molecule has 0 fully saturated rings. The Kier molecular flexibility index (Phi) is 8.51. The van der Waals surface area contributed by atoms with E-state index in [0.717, 1.165) is 32.5 Å². The Balaban J connectivity index is 2.67. The molecule has 1 aromatic carbocycles. The van der Waals surface area contributed by atoms with Gasteiger partial charge in [0.2, 0.25) is 0 Å². The molecule has 114 valence electrons. The summed E-state index contributed by atoms with van der Waals surface area (Å²) < 4.78 is 10.7. The summed E-state index contributed by atoms with van der Waals surface area (Å²) in [5, 5.41) is 3.51. The monoisotopic (exact) mass is 279 g/mol. The van der Waals surface area contributed by atoms with Crippen LogP contribution in [0, 0.1) is 0 Å². The van der Waals surface area contributed by atoms with Gasteiger partial charge in [-0.25, -0.2) is 0 Å². The molecule has 0 amide bonds. The molecule has 0 spiro atoms. The fourth-order valence-electron chi connectivity index (χ4n) is 2.51. The van der Waals surface area contributed by atoms with Crippen LogP contribution in [0.15, 0.2) is 30.3 Å². The lowest BCUT2D eigenvalue weighted by Crippen LogP contribution is -2.39. The smallest absolute Gasteiger partial charge is 0.0700 e. The van der Waals surface area contributed by atoms with Gasteiger partial charge in [-0.2, -0.15) is 0 Å². The van der Waals surface area contributed by atoms with Crippen LogP contribution in [0.5, 0.6) is 0 Å². The van der Waals surface area contributed by atoms with Crippen molar-refractivity contribution in [1.29, 1.82) is 0 Å². The van der Waals surface area contributed by atoms with Gasteiger partial charge in [-0.1, -0.05) is 44.2 Å². The highest BCUT2D eigenvalue weighted by atomic mass is 16.5. The maximum Gasteiger partial charge on any atom is 0.0700 e. The predicted octanol–water partition coefficient (Wildman–Crippen LogP) is 3.00. The average molecular weight is 279 g/mol. The summed E-state index contributed by atoms with van der Waals surface area (Å²) in [6, 6.07) is 10.8. The lowest BCUT2D eigenvalue weighted by molar-refractivity contribution is 0.0598. The third-order valence-electron chi connectivity index (χ3n) is 3.93. The van der Waals surface area contributed by atoms with Crippen LogP contribution in [0.2, 0.25) is 0 Å². The Hall–Kier alpha value is -0.900. The summed E-state index contributed by atoms with van der Waals surface area (Å²) >= 11 is 0. The summed E-state index contributed by atoms with van der Waals surface area (Å²) in [6.07, 6.45) is 2.14. The Morgan fingerprint density at radius 2 is 1.80 bits per heavy atom. The summed E-state index contributed by atoms with van der Waals surface area (Å²) in [5.74, 6) is 0. The van der Waals surface area contributed by atoms with Crippen molar-refractivity contribution in [2.75, 3.05) is 40.0 Å². The maximum atomic E-state index is 5.68. The first-order valence-electron chi connectivity index (χ1n) is 7.62. The van der Waals surface area contributed by atoms with E-state index in [-0.39, 0.29) is 5.41 Å². The van der Waals surface area contributed by atoms with E-state index >= 15 is 0 Å². The summed E-state index contributed by atoms with van der Waals surface area (Å²) in [4.78, 5) is 0. The molecule has 1 aromatic rings. The molecule has 0 radical (unpaired) electrons. The van der Waals surface area contributed by atoms with E-state index in [1.807, 2.05) is 0 Å². The van der Waals surface area contributed by atoms with Gasteiger partial charge in [-0.05, 0) is 24.9 Å². The molecular weight excluding hydrogens is 250 g/mol. The van der Waals surface area contributed by atoms with Gasteiger partial charge in [0.1, 0.15) is 0 Å².